The first-order chi connectivity index (χ1) is 9.06. The number of hydrogen-bond acceptors (Lipinski definition) is 4. The fourth-order valence-electron chi connectivity index (χ4n) is 1.46. The summed E-state index contributed by atoms with van der Waals surface area (Å²) >= 11 is 0. The number of carbonyl (C=O) groups is 1. The quantitative estimate of drug-likeness (QED) is 0.276. The van der Waals surface area contributed by atoms with Gasteiger partial charge in [0.05, 0.1) is 16.6 Å². The molecular weight excluding hydrogens is 248 g/mol. The largest absolute Gasteiger partial charge is 0.423 e. The molecule has 2 rings (SSSR count). The van der Waals surface area contributed by atoms with Crippen molar-refractivity contribution in [2.75, 3.05) is 0 Å². The maximum absolute atomic E-state index is 11.8. The molecule has 0 bridgehead atoms. The monoisotopic (exact) mass is 259 g/mol. The van der Waals surface area contributed by atoms with Crippen LogP contribution >= 0.6 is 0 Å². The van der Waals surface area contributed by atoms with Crippen molar-refractivity contribution in [1.29, 1.82) is 0 Å². The molecule has 0 saturated carbocycles. The summed E-state index contributed by atoms with van der Waals surface area (Å²) in [7, 11) is 1.83. The third-order valence-corrected chi connectivity index (χ3v) is 2.45. The van der Waals surface area contributed by atoms with Crippen molar-refractivity contribution in [3.63, 3.8) is 0 Å². The Morgan fingerprint density at radius 3 is 2.58 bits per heavy atom. The Balaban J connectivity index is 2.17. The van der Waals surface area contributed by atoms with E-state index in [0.717, 1.165) is 0 Å². The third kappa shape index (κ3) is 3.12. The summed E-state index contributed by atoms with van der Waals surface area (Å²) < 4.78 is 6.86. The number of nitrogens with zero attached hydrogens (tertiary/aromatic N) is 2. The minimum atomic E-state index is -0.555. The van der Waals surface area contributed by atoms with E-state index in [2.05, 4.69) is 0 Å². The number of rotatable bonds is 3. The average Bonchev–Trinajstić information content (AvgIpc) is 2.39. The predicted molar refractivity (Wildman–Crippen MR) is 65.7 cm³/mol. The number of aromatic nitrogens is 1. The minimum Gasteiger partial charge on any atom is -0.423 e. The number of benzene rings is 1. The zero-order valence-electron chi connectivity index (χ0n) is 10.1. The van der Waals surface area contributed by atoms with Gasteiger partial charge in [0.2, 0.25) is 0 Å². The molecule has 0 N–H and O–H groups in total. The molecule has 96 valence electrons. The van der Waals surface area contributed by atoms with Crippen LogP contribution in [0.3, 0.4) is 0 Å². The topological polar surface area (TPSA) is 73.3 Å². The smallest absolute Gasteiger partial charge is 0.343 e. The van der Waals surface area contributed by atoms with Gasteiger partial charge in [-0.1, -0.05) is 6.07 Å². The van der Waals surface area contributed by atoms with E-state index < -0.39 is 10.9 Å². The Labute approximate surface area is 109 Å². The molecule has 6 nitrogen and oxygen atoms in total. The standard InChI is InChI=1S/C13H11N2O4/c1-14-7-5-10(6-8-14)13(16)19-12-4-2-3-11(9-12)15(17)18/h2-9H,1H3/q+1. The summed E-state index contributed by atoms with van der Waals surface area (Å²) in [6.45, 7) is 0. The second-order valence-corrected chi connectivity index (χ2v) is 3.90. The van der Waals surface area contributed by atoms with Gasteiger partial charge in [-0.25, -0.2) is 9.36 Å². The van der Waals surface area contributed by atoms with Crippen LogP contribution in [0.5, 0.6) is 5.75 Å². The van der Waals surface area contributed by atoms with E-state index in [1.807, 2.05) is 7.05 Å². The van der Waals surface area contributed by atoms with Crippen LogP contribution in [0, 0.1) is 10.1 Å². The van der Waals surface area contributed by atoms with E-state index in [9.17, 15) is 14.9 Å². The summed E-state index contributed by atoms with van der Waals surface area (Å²) in [5, 5.41) is 10.6. The molecule has 0 aliphatic carbocycles. The van der Waals surface area contributed by atoms with E-state index in [0.29, 0.717) is 5.56 Å². The number of hydrogen-bond donors (Lipinski definition) is 0. The number of pyridine rings is 1. The molecule has 6 heteroatoms. The van der Waals surface area contributed by atoms with E-state index >= 15 is 0 Å². The first kappa shape index (κ1) is 12.7. The molecule has 0 spiro atoms. The van der Waals surface area contributed by atoms with Gasteiger partial charge < -0.3 is 4.74 Å². The normalized spacial score (nSPS) is 9.95. The second-order valence-electron chi connectivity index (χ2n) is 3.90. The lowest BCUT2D eigenvalue weighted by Gasteiger charge is -2.03. The molecule has 1 aromatic heterocycles. The van der Waals surface area contributed by atoms with Gasteiger partial charge in [-0.15, -0.1) is 0 Å². The molecule has 1 heterocycles. The molecule has 0 atom stereocenters. The summed E-state index contributed by atoms with van der Waals surface area (Å²) in [6, 6.07) is 8.72. The minimum absolute atomic E-state index is 0.121. The number of carbonyl (C=O) groups excluding carboxylic acids is 1. The molecular formula is C13H11N2O4+. The van der Waals surface area contributed by atoms with Gasteiger partial charge in [0.25, 0.3) is 5.69 Å². The molecule has 0 aliphatic rings. The van der Waals surface area contributed by atoms with Crippen LogP contribution in [0.4, 0.5) is 5.69 Å². The van der Waals surface area contributed by atoms with Gasteiger partial charge in [-0.05, 0) is 6.07 Å². The van der Waals surface area contributed by atoms with Crippen molar-refractivity contribution in [3.05, 3.63) is 64.5 Å². The molecule has 0 amide bonds. The van der Waals surface area contributed by atoms with Crippen LogP contribution < -0.4 is 9.30 Å². The molecule has 0 radical (unpaired) electrons. The summed E-state index contributed by atoms with van der Waals surface area (Å²) in [5.41, 5.74) is 0.259. The van der Waals surface area contributed by atoms with Gasteiger partial charge in [0, 0.05) is 18.2 Å². The molecule has 19 heavy (non-hydrogen) atoms. The zero-order chi connectivity index (χ0) is 13.8. The van der Waals surface area contributed by atoms with Gasteiger partial charge in [-0.2, -0.15) is 0 Å². The van der Waals surface area contributed by atoms with E-state index in [-0.39, 0.29) is 11.4 Å². The molecule has 0 saturated heterocycles. The van der Waals surface area contributed by atoms with Gasteiger partial charge in [0.15, 0.2) is 12.4 Å². The first-order valence-corrected chi connectivity index (χ1v) is 5.48. The van der Waals surface area contributed by atoms with Crippen LogP contribution in [0.25, 0.3) is 0 Å². The number of non-ortho nitro benzene ring substituents is 1. The Morgan fingerprint density at radius 1 is 1.26 bits per heavy atom. The van der Waals surface area contributed by atoms with Crippen LogP contribution in [0.2, 0.25) is 0 Å². The Bertz CT molecular complexity index is 623. The van der Waals surface area contributed by atoms with Gasteiger partial charge in [-0.3, -0.25) is 10.1 Å². The highest BCUT2D eigenvalue weighted by Gasteiger charge is 2.12. The summed E-state index contributed by atoms with van der Waals surface area (Å²) in [4.78, 5) is 21.9. The number of esters is 1. The van der Waals surface area contributed by atoms with Crippen molar-refractivity contribution in [2.45, 2.75) is 0 Å². The lowest BCUT2D eigenvalue weighted by Crippen LogP contribution is -2.26. The van der Waals surface area contributed by atoms with Crippen molar-refractivity contribution >= 4 is 11.7 Å². The SMILES string of the molecule is C[n+]1ccc(C(=O)Oc2cccc([N+](=O)[O-])c2)cc1. The van der Waals surface area contributed by atoms with Crippen molar-refractivity contribution in [3.8, 4) is 5.75 Å². The number of aryl methyl sites for hydroxylation is 1. The molecule has 0 fully saturated rings. The highest BCUT2D eigenvalue weighted by molar-refractivity contribution is 5.90. The Hall–Kier alpha value is -2.76. The van der Waals surface area contributed by atoms with Gasteiger partial charge in [0.1, 0.15) is 12.8 Å². The van der Waals surface area contributed by atoms with Crippen molar-refractivity contribution in [1.82, 2.24) is 0 Å². The van der Waals surface area contributed by atoms with E-state index in [1.54, 1.807) is 29.1 Å². The number of nitro groups is 1. The van der Waals surface area contributed by atoms with Crippen molar-refractivity contribution in [2.24, 2.45) is 7.05 Å². The van der Waals surface area contributed by atoms with Crippen LogP contribution in [-0.2, 0) is 7.05 Å². The van der Waals surface area contributed by atoms with Crippen LogP contribution in [0.1, 0.15) is 10.4 Å². The molecule has 1 aromatic carbocycles. The van der Waals surface area contributed by atoms with Gasteiger partial charge >= 0.3 is 5.97 Å². The molecule has 0 unspecified atom stereocenters. The number of ether oxygens (including phenoxy) is 1. The second kappa shape index (κ2) is 5.26. The fourth-order valence-corrected chi connectivity index (χ4v) is 1.46. The highest BCUT2D eigenvalue weighted by atomic mass is 16.6. The van der Waals surface area contributed by atoms with Crippen LogP contribution in [-0.4, -0.2) is 10.9 Å². The summed E-state index contributed by atoms with van der Waals surface area (Å²) in [6.07, 6.45) is 3.42. The predicted octanol–water partition coefficient (Wildman–Crippen LogP) is 1.64. The Kier molecular flexibility index (Phi) is 3.51. The number of nitro benzene ring substituents is 1. The molecule has 2 aromatic rings. The maximum atomic E-state index is 11.8. The highest BCUT2D eigenvalue weighted by Crippen LogP contribution is 2.19. The van der Waals surface area contributed by atoms with Crippen molar-refractivity contribution < 1.29 is 19.0 Å². The van der Waals surface area contributed by atoms with Crippen LogP contribution in [0.15, 0.2) is 48.8 Å². The Morgan fingerprint density at radius 2 is 1.95 bits per heavy atom. The fraction of sp³-hybridized carbons (Fsp3) is 0.0769. The van der Waals surface area contributed by atoms with E-state index in [4.69, 9.17) is 4.74 Å². The average molecular weight is 259 g/mol. The first-order valence-electron chi connectivity index (χ1n) is 5.48. The van der Waals surface area contributed by atoms with E-state index in [1.165, 1.54) is 24.3 Å². The lowest BCUT2D eigenvalue weighted by molar-refractivity contribution is -0.671. The third-order valence-electron chi connectivity index (χ3n) is 2.45. The maximum Gasteiger partial charge on any atom is 0.343 e. The summed E-state index contributed by atoms with van der Waals surface area (Å²) in [5.74, 6) is -0.409. The molecule has 0 aliphatic heterocycles. The lowest BCUT2D eigenvalue weighted by atomic mass is 10.2. The zero-order valence-corrected chi connectivity index (χ0v) is 10.1.